The molecular weight excluding hydrogens is 166 g/mol. The van der Waals surface area contributed by atoms with Crippen molar-refractivity contribution < 1.29 is 4.74 Å². The van der Waals surface area contributed by atoms with Crippen molar-refractivity contribution in [2.45, 2.75) is 19.8 Å². The highest BCUT2D eigenvalue weighted by molar-refractivity contribution is 5.26. The van der Waals surface area contributed by atoms with Crippen molar-refractivity contribution in [2.75, 3.05) is 7.11 Å². The molecule has 13 heavy (non-hydrogen) atoms. The van der Waals surface area contributed by atoms with Crippen molar-refractivity contribution in [1.29, 1.82) is 0 Å². The van der Waals surface area contributed by atoms with Gasteiger partial charge in [0.05, 0.1) is 7.11 Å². The third kappa shape index (κ3) is 1.91. The van der Waals surface area contributed by atoms with Gasteiger partial charge in [-0.3, -0.25) is 4.79 Å². The van der Waals surface area contributed by atoms with Crippen molar-refractivity contribution in [1.82, 2.24) is 4.57 Å². The van der Waals surface area contributed by atoms with E-state index in [0.717, 1.165) is 5.56 Å². The molecule has 0 N–H and O–H groups in total. The topological polar surface area (TPSA) is 31.2 Å². The number of hydrogen-bond donors (Lipinski definition) is 0. The number of nitrogens with zero attached hydrogens (tertiary/aromatic N) is 1. The van der Waals surface area contributed by atoms with Crippen molar-refractivity contribution >= 4 is 0 Å². The normalized spacial score (nSPS) is 10.5. The average Bonchev–Trinajstić information content (AvgIpc) is 2.09. The molecule has 0 aromatic carbocycles. The van der Waals surface area contributed by atoms with Gasteiger partial charge in [-0.25, -0.2) is 0 Å². The molecule has 0 saturated heterocycles. The standard InChI is InChI=1S/C10H15NO2/c1-7(2)8-5-9(13-4)10(12)11(3)6-8/h5-7H,1-4H3. The van der Waals surface area contributed by atoms with E-state index < -0.39 is 0 Å². The maximum atomic E-state index is 11.4. The minimum atomic E-state index is -0.0908. The highest BCUT2D eigenvalue weighted by atomic mass is 16.5. The van der Waals surface area contributed by atoms with Gasteiger partial charge in [-0.2, -0.15) is 0 Å². The maximum absolute atomic E-state index is 11.4. The van der Waals surface area contributed by atoms with Crippen LogP contribution in [0.2, 0.25) is 0 Å². The van der Waals surface area contributed by atoms with Crippen molar-refractivity contribution in [3.8, 4) is 5.75 Å². The molecule has 72 valence electrons. The minimum Gasteiger partial charge on any atom is -0.491 e. The fourth-order valence-electron chi connectivity index (χ4n) is 1.17. The van der Waals surface area contributed by atoms with Crippen LogP contribution in [0.3, 0.4) is 0 Å². The second-order valence-electron chi connectivity index (χ2n) is 3.41. The van der Waals surface area contributed by atoms with Crippen LogP contribution in [0.25, 0.3) is 0 Å². The highest BCUT2D eigenvalue weighted by Crippen LogP contribution is 2.16. The molecule has 0 aliphatic heterocycles. The third-order valence-electron chi connectivity index (χ3n) is 2.06. The van der Waals surface area contributed by atoms with E-state index in [1.807, 2.05) is 6.20 Å². The molecule has 0 saturated carbocycles. The molecule has 1 aromatic heterocycles. The summed E-state index contributed by atoms with van der Waals surface area (Å²) in [4.78, 5) is 11.4. The summed E-state index contributed by atoms with van der Waals surface area (Å²) >= 11 is 0. The molecule has 1 aromatic rings. The third-order valence-corrected chi connectivity index (χ3v) is 2.06. The smallest absolute Gasteiger partial charge is 0.292 e. The van der Waals surface area contributed by atoms with E-state index in [4.69, 9.17) is 4.74 Å². The first-order valence-electron chi connectivity index (χ1n) is 4.30. The zero-order valence-electron chi connectivity index (χ0n) is 8.50. The van der Waals surface area contributed by atoms with Crippen LogP contribution in [0.5, 0.6) is 5.75 Å². The van der Waals surface area contributed by atoms with Crippen LogP contribution in [0.1, 0.15) is 25.3 Å². The van der Waals surface area contributed by atoms with Gasteiger partial charge >= 0.3 is 0 Å². The average molecular weight is 181 g/mol. The first kappa shape index (κ1) is 9.84. The van der Waals surface area contributed by atoms with Gasteiger partial charge in [-0.15, -0.1) is 0 Å². The van der Waals surface area contributed by atoms with Gasteiger partial charge in [0.25, 0.3) is 5.56 Å². The number of hydrogen-bond acceptors (Lipinski definition) is 2. The Bertz CT molecular complexity index is 352. The molecule has 0 spiro atoms. The number of methoxy groups -OCH3 is 1. The number of aromatic nitrogens is 1. The largest absolute Gasteiger partial charge is 0.491 e. The molecule has 0 unspecified atom stereocenters. The summed E-state index contributed by atoms with van der Waals surface area (Å²) < 4.78 is 6.53. The predicted molar refractivity (Wildman–Crippen MR) is 52.3 cm³/mol. The highest BCUT2D eigenvalue weighted by Gasteiger charge is 2.06. The molecule has 3 nitrogen and oxygen atoms in total. The van der Waals surface area contributed by atoms with Crippen LogP contribution in [-0.2, 0) is 7.05 Å². The summed E-state index contributed by atoms with van der Waals surface area (Å²) in [5.41, 5.74) is 1.02. The predicted octanol–water partition coefficient (Wildman–Crippen LogP) is 1.52. The molecule has 0 aliphatic rings. The van der Waals surface area contributed by atoms with Crippen molar-refractivity contribution in [3.63, 3.8) is 0 Å². The van der Waals surface area contributed by atoms with Crippen LogP contribution in [0.4, 0.5) is 0 Å². The molecule has 1 heterocycles. The Hall–Kier alpha value is -1.25. The SMILES string of the molecule is COc1cc(C(C)C)cn(C)c1=O. The van der Waals surface area contributed by atoms with Crippen molar-refractivity contribution in [3.05, 3.63) is 28.2 Å². The molecule has 3 heteroatoms. The second-order valence-corrected chi connectivity index (χ2v) is 3.41. The zero-order chi connectivity index (χ0) is 10.0. The second kappa shape index (κ2) is 3.64. The first-order valence-corrected chi connectivity index (χ1v) is 4.30. The molecule has 0 fully saturated rings. The Labute approximate surface area is 78.0 Å². The summed E-state index contributed by atoms with van der Waals surface area (Å²) in [6.07, 6.45) is 1.84. The molecular formula is C10H15NO2. The van der Waals surface area contributed by atoms with Gasteiger partial charge in [0.15, 0.2) is 5.75 Å². The zero-order valence-corrected chi connectivity index (χ0v) is 8.50. The fraction of sp³-hybridized carbons (Fsp3) is 0.500. The van der Waals surface area contributed by atoms with E-state index in [-0.39, 0.29) is 5.56 Å². The van der Waals surface area contributed by atoms with Crippen LogP contribution < -0.4 is 10.3 Å². The van der Waals surface area contributed by atoms with Crippen LogP contribution in [-0.4, -0.2) is 11.7 Å². The molecule has 0 radical (unpaired) electrons. The Balaban J connectivity index is 3.30. The van der Waals surface area contributed by atoms with Crippen LogP contribution in [0.15, 0.2) is 17.1 Å². The van der Waals surface area contributed by atoms with Crippen LogP contribution >= 0.6 is 0 Å². The molecule has 1 rings (SSSR count). The van der Waals surface area contributed by atoms with Gasteiger partial charge in [0.2, 0.25) is 0 Å². The summed E-state index contributed by atoms with van der Waals surface area (Å²) in [5.74, 6) is 0.814. The van der Waals surface area contributed by atoms with E-state index in [2.05, 4.69) is 13.8 Å². The van der Waals surface area contributed by atoms with E-state index in [9.17, 15) is 4.79 Å². The van der Waals surface area contributed by atoms with E-state index in [1.165, 1.54) is 7.11 Å². The van der Waals surface area contributed by atoms with Crippen molar-refractivity contribution in [2.24, 2.45) is 7.05 Å². The molecule has 0 aliphatic carbocycles. The number of pyridine rings is 1. The van der Waals surface area contributed by atoms with E-state index in [0.29, 0.717) is 11.7 Å². The van der Waals surface area contributed by atoms with Gasteiger partial charge < -0.3 is 9.30 Å². The Morgan fingerprint density at radius 1 is 1.46 bits per heavy atom. The first-order chi connectivity index (χ1) is 6.06. The van der Waals surface area contributed by atoms with Gasteiger partial charge in [-0.05, 0) is 17.5 Å². The molecule has 0 bridgehead atoms. The Kier molecular flexibility index (Phi) is 2.76. The monoisotopic (exact) mass is 181 g/mol. The Morgan fingerprint density at radius 3 is 2.54 bits per heavy atom. The van der Waals surface area contributed by atoms with Gasteiger partial charge in [0.1, 0.15) is 0 Å². The lowest BCUT2D eigenvalue weighted by Crippen LogP contribution is -2.18. The quantitative estimate of drug-likeness (QED) is 0.692. The van der Waals surface area contributed by atoms with E-state index >= 15 is 0 Å². The minimum absolute atomic E-state index is 0.0908. The number of aryl methyl sites for hydroxylation is 1. The van der Waals surface area contributed by atoms with Gasteiger partial charge in [-0.1, -0.05) is 13.8 Å². The van der Waals surface area contributed by atoms with E-state index in [1.54, 1.807) is 17.7 Å². The summed E-state index contributed by atoms with van der Waals surface area (Å²) in [6, 6.07) is 1.80. The summed E-state index contributed by atoms with van der Waals surface area (Å²) in [6.45, 7) is 4.17. The van der Waals surface area contributed by atoms with Crippen LogP contribution in [0, 0.1) is 0 Å². The lowest BCUT2D eigenvalue weighted by Gasteiger charge is -2.09. The lowest BCUT2D eigenvalue weighted by atomic mass is 10.1. The number of ether oxygens (including phenoxy) is 1. The fourth-order valence-corrected chi connectivity index (χ4v) is 1.17. The summed E-state index contributed by atoms with van der Waals surface area (Å²) in [7, 11) is 3.25. The Morgan fingerprint density at radius 2 is 2.08 bits per heavy atom. The molecule has 0 atom stereocenters. The number of rotatable bonds is 2. The molecule has 0 amide bonds. The lowest BCUT2D eigenvalue weighted by molar-refractivity contribution is 0.403. The summed E-state index contributed by atoms with van der Waals surface area (Å²) in [5, 5.41) is 0. The van der Waals surface area contributed by atoms with Gasteiger partial charge in [0, 0.05) is 13.2 Å². The maximum Gasteiger partial charge on any atom is 0.292 e.